The Morgan fingerprint density at radius 3 is 1.56 bits per heavy atom. The first-order valence-corrected chi connectivity index (χ1v) is 13.3. The van der Waals surface area contributed by atoms with Crippen LogP contribution in [0.2, 0.25) is 0 Å². The van der Waals surface area contributed by atoms with E-state index >= 15 is 0 Å². The molecule has 4 aromatic carbocycles. The molecule has 0 aliphatic heterocycles. The molecule has 0 amide bonds. The number of rotatable bonds is 6. The summed E-state index contributed by atoms with van der Waals surface area (Å²) in [6.07, 6.45) is 0. The van der Waals surface area contributed by atoms with Gasteiger partial charge in [0, 0.05) is 5.56 Å². The summed E-state index contributed by atoms with van der Waals surface area (Å²) in [5.74, 6) is 1.24. The van der Waals surface area contributed by atoms with Gasteiger partial charge in [0.2, 0.25) is 0 Å². The molecule has 5 aromatic rings. The summed E-state index contributed by atoms with van der Waals surface area (Å²) in [4.78, 5) is 13.4. The van der Waals surface area contributed by atoms with Crippen LogP contribution in [0.15, 0.2) is 115 Å². The lowest BCUT2D eigenvalue weighted by atomic mass is 10.2. The molecule has 5 heteroatoms. The Morgan fingerprint density at radius 2 is 1.06 bits per heavy atom. The number of methoxy groups -OCH3 is 1. The number of benzene rings is 4. The predicted molar refractivity (Wildman–Crippen MR) is 140 cm³/mol. The monoisotopic (exact) mass is 459 g/mol. The summed E-state index contributed by atoms with van der Waals surface area (Å²) in [6, 6.07) is 41.5. The zero-order chi connectivity index (χ0) is 23.4. The Bertz CT molecular complexity index is 1300. The third-order valence-corrected chi connectivity index (χ3v) is 10.9. The van der Waals surface area contributed by atoms with Gasteiger partial charge in [-0.15, -0.1) is 0 Å². The van der Waals surface area contributed by atoms with Crippen LogP contribution in [0.3, 0.4) is 0 Å². The second-order valence-electron chi connectivity index (χ2n) is 8.12. The van der Waals surface area contributed by atoms with E-state index in [-0.39, 0.29) is 0 Å². The molecule has 0 spiro atoms. The normalized spacial score (nSPS) is 11.2. The van der Waals surface area contributed by atoms with E-state index in [1.54, 1.807) is 7.11 Å². The first-order chi connectivity index (χ1) is 16.7. The van der Waals surface area contributed by atoms with Crippen molar-refractivity contribution < 1.29 is 4.74 Å². The first-order valence-electron chi connectivity index (χ1n) is 11.3. The van der Waals surface area contributed by atoms with Crippen LogP contribution in [0.1, 0.15) is 5.82 Å². The molecule has 0 bridgehead atoms. The number of hydrogen-bond acceptors (Lipinski definition) is 4. The second-order valence-corrected chi connectivity index (χ2v) is 11.9. The van der Waals surface area contributed by atoms with E-state index in [0.29, 0.717) is 17.7 Å². The SMILES string of the molecule is COc1nc(C)nc(-c2cccc([Si](c3ccccc3)(c3ccccc3)c3ccccc3)c2)n1. The fourth-order valence-corrected chi connectivity index (χ4v) is 9.43. The van der Waals surface area contributed by atoms with Gasteiger partial charge in [-0.3, -0.25) is 0 Å². The van der Waals surface area contributed by atoms with Crippen molar-refractivity contribution >= 4 is 28.8 Å². The third-order valence-electron chi connectivity index (χ3n) is 6.08. The number of ether oxygens (including phenoxy) is 1. The van der Waals surface area contributed by atoms with Gasteiger partial charge in [-0.2, -0.15) is 9.97 Å². The zero-order valence-corrected chi connectivity index (χ0v) is 20.2. The minimum absolute atomic E-state index is 0.325. The molecule has 1 aromatic heterocycles. The van der Waals surface area contributed by atoms with Gasteiger partial charge in [0.25, 0.3) is 0 Å². The Hall–Kier alpha value is -4.09. The van der Waals surface area contributed by atoms with Gasteiger partial charge in [-0.25, -0.2) is 4.98 Å². The van der Waals surface area contributed by atoms with Crippen molar-refractivity contribution in [2.24, 2.45) is 0 Å². The van der Waals surface area contributed by atoms with Gasteiger partial charge in [0.15, 0.2) is 13.9 Å². The van der Waals surface area contributed by atoms with Gasteiger partial charge in [0.05, 0.1) is 7.11 Å². The summed E-state index contributed by atoms with van der Waals surface area (Å²) in [5, 5.41) is 5.25. The molecule has 34 heavy (non-hydrogen) atoms. The van der Waals surface area contributed by atoms with Gasteiger partial charge in [0.1, 0.15) is 5.82 Å². The largest absolute Gasteiger partial charge is 0.467 e. The zero-order valence-electron chi connectivity index (χ0n) is 19.2. The van der Waals surface area contributed by atoms with E-state index in [1.807, 2.05) is 6.92 Å². The fraction of sp³-hybridized carbons (Fsp3) is 0.0690. The van der Waals surface area contributed by atoms with Crippen LogP contribution in [0.5, 0.6) is 6.01 Å². The van der Waals surface area contributed by atoms with E-state index in [1.165, 1.54) is 20.7 Å². The van der Waals surface area contributed by atoms with Crippen LogP contribution in [-0.4, -0.2) is 30.1 Å². The predicted octanol–water partition coefficient (Wildman–Crippen LogP) is 3.23. The summed E-state index contributed by atoms with van der Waals surface area (Å²) in [7, 11) is -1.03. The second kappa shape index (κ2) is 9.41. The summed E-state index contributed by atoms with van der Waals surface area (Å²) in [6.45, 7) is 1.86. The van der Waals surface area contributed by atoms with Gasteiger partial charge >= 0.3 is 6.01 Å². The topological polar surface area (TPSA) is 47.9 Å². The number of aryl methyl sites for hydroxylation is 1. The Labute approximate surface area is 201 Å². The maximum Gasteiger partial charge on any atom is 0.319 e. The van der Waals surface area contributed by atoms with E-state index < -0.39 is 8.07 Å². The first kappa shape index (κ1) is 21.7. The Balaban J connectivity index is 1.83. The molecule has 0 atom stereocenters. The molecule has 0 aliphatic carbocycles. The highest BCUT2D eigenvalue weighted by Gasteiger charge is 2.41. The molecule has 0 saturated heterocycles. The van der Waals surface area contributed by atoms with Gasteiger partial charge in [-0.1, -0.05) is 115 Å². The lowest BCUT2D eigenvalue weighted by Gasteiger charge is -2.34. The molecule has 0 radical (unpaired) electrons. The van der Waals surface area contributed by atoms with E-state index in [9.17, 15) is 0 Å². The highest BCUT2D eigenvalue weighted by molar-refractivity contribution is 7.19. The smallest absolute Gasteiger partial charge is 0.319 e. The van der Waals surface area contributed by atoms with Crippen molar-refractivity contribution in [1.29, 1.82) is 0 Å². The summed E-state index contributed by atoms with van der Waals surface area (Å²) < 4.78 is 5.31. The van der Waals surface area contributed by atoms with Crippen LogP contribution in [0, 0.1) is 6.92 Å². The van der Waals surface area contributed by atoms with Gasteiger partial charge in [-0.05, 0) is 27.7 Å². The average molecular weight is 460 g/mol. The van der Waals surface area contributed by atoms with E-state index in [4.69, 9.17) is 4.74 Å². The molecule has 0 fully saturated rings. The minimum Gasteiger partial charge on any atom is -0.467 e. The Morgan fingerprint density at radius 1 is 0.559 bits per heavy atom. The van der Waals surface area contributed by atoms with E-state index in [0.717, 1.165) is 5.56 Å². The van der Waals surface area contributed by atoms with Crippen LogP contribution in [0.4, 0.5) is 0 Å². The number of hydrogen-bond donors (Lipinski definition) is 0. The number of nitrogens with zero attached hydrogens (tertiary/aromatic N) is 3. The highest BCUT2D eigenvalue weighted by Crippen LogP contribution is 2.18. The molecular formula is C29H25N3OSi. The van der Waals surface area contributed by atoms with Crippen molar-refractivity contribution in [1.82, 2.24) is 15.0 Å². The lowest BCUT2D eigenvalue weighted by Crippen LogP contribution is -2.74. The summed E-state index contributed by atoms with van der Waals surface area (Å²) in [5.41, 5.74) is 0.945. The lowest BCUT2D eigenvalue weighted by molar-refractivity contribution is 0.377. The molecule has 0 N–H and O–H groups in total. The van der Waals surface area contributed by atoms with Crippen LogP contribution in [-0.2, 0) is 0 Å². The standard InChI is InChI=1S/C29H25N3OSi/c1-22-30-28(32-29(31-22)33-2)23-13-12-20-27(21-23)34(24-14-6-3-7-15-24,25-16-8-4-9-17-25)26-18-10-5-11-19-26/h3-21H,1-2H3. The van der Waals surface area contributed by atoms with Crippen molar-refractivity contribution in [3.63, 3.8) is 0 Å². The van der Waals surface area contributed by atoms with Crippen molar-refractivity contribution in [3.8, 4) is 17.4 Å². The molecule has 0 aliphatic rings. The molecule has 1 heterocycles. The summed E-state index contributed by atoms with van der Waals surface area (Å²) >= 11 is 0. The molecular weight excluding hydrogens is 434 g/mol. The van der Waals surface area contributed by atoms with Crippen LogP contribution >= 0.6 is 0 Å². The van der Waals surface area contributed by atoms with Crippen LogP contribution in [0.25, 0.3) is 11.4 Å². The number of aromatic nitrogens is 3. The minimum atomic E-state index is -2.60. The highest BCUT2D eigenvalue weighted by atomic mass is 28.3. The fourth-order valence-electron chi connectivity index (χ4n) is 4.63. The third kappa shape index (κ3) is 3.91. The molecule has 0 unspecified atom stereocenters. The maximum atomic E-state index is 5.31. The van der Waals surface area contributed by atoms with E-state index in [2.05, 4.69) is 130 Å². The molecule has 4 nitrogen and oxygen atoms in total. The van der Waals surface area contributed by atoms with Crippen LogP contribution < -0.4 is 25.5 Å². The quantitative estimate of drug-likeness (QED) is 0.289. The van der Waals surface area contributed by atoms with Gasteiger partial charge < -0.3 is 4.74 Å². The Kier molecular flexibility index (Phi) is 6.02. The van der Waals surface area contributed by atoms with Crippen molar-refractivity contribution in [2.45, 2.75) is 6.92 Å². The molecule has 5 rings (SSSR count). The molecule has 166 valence electrons. The average Bonchev–Trinajstić information content (AvgIpc) is 2.91. The van der Waals surface area contributed by atoms with Crippen molar-refractivity contribution in [2.75, 3.05) is 7.11 Å². The maximum absolute atomic E-state index is 5.31. The van der Waals surface area contributed by atoms with Crippen molar-refractivity contribution in [3.05, 3.63) is 121 Å². The molecule has 0 saturated carbocycles.